The lowest BCUT2D eigenvalue weighted by atomic mass is 9.78. The van der Waals surface area contributed by atoms with Crippen LogP contribution in [0.5, 0.6) is 0 Å². The predicted octanol–water partition coefficient (Wildman–Crippen LogP) is 12.1. The lowest BCUT2D eigenvalue weighted by Gasteiger charge is -2.28. The van der Waals surface area contributed by atoms with Crippen LogP contribution < -0.4 is 5.32 Å². The number of allylic oxidation sites excluding steroid dienone is 14. The first kappa shape index (κ1) is 38.1. The average molecular weight is 583 g/mol. The van der Waals surface area contributed by atoms with E-state index in [9.17, 15) is 0 Å². The van der Waals surface area contributed by atoms with Crippen molar-refractivity contribution >= 4 is 6.21 Å². The van der Waals surface area contributed by atoms with Gasteiger partial charge >= 0.3 is 0 Å². The average Bonchev–Trinajstić information content (AvgIpc) is 2.98. The number of nitrogens with zero attached hydrogens (tertiary/aromatic N) is 1. The maximum atomic E-state index is 4.53. The highest BCUT2D eigenvalue weighted by atomic mass is 14.8. The van der Waals surface area contributed by atoms with Gasteiger partial charge < -0.3 is 5.32 Å². The molecule has 0 aromatic heterocycles. The Morgan fingerprint density at radius 2 is 1.84 bits per heavy atom. The zero-order valence-corrected chi connectivity index (χ0v) is 28.4. The molecule has 0 aromatic carbocycles. The molecule has 236 valence electrons. The van der Waals surface area contributed by atoms with Gasteiger partial charge in [0.2, 0.25) is 0 Å². The summed E-state index contributed by atoms with van der Waals surface area (Å²) in [5.74, 6) is 0. The van der Waals surface area contributed by atoms with Gasteiger partial charge in [0.25, 0.3) is 0 Å². The fourth-order valence-electron chi connectivity index (χ4n) is 5.12. The third kappa shape index (κ3) is 18.3. The van der Waals surface area contributed by atoms with Gasteiger partial charge in [0.05, 0.1) is 0 Å². The van der Waals surface area contributed by atoms with Crippen LogP contribution in [0.25, 0.3) is 0 Å². The molecule has 43 heavy (non-hydrogen) atoms. The molecule has 0 atom stereocenters. The first-order valence-electron chi connectivity index (χ1n) is 16.7. The summed E-state index contributed by atoms with van der Waals surface area (Å²) in [6.07, 6.45) is 39.0. The van der Waals surface area contributed by atoms with Crippen molar-refractivity contribution in [2.45, 2.75) is 112 Å². The van der Waals surface area contributed by atoms with E-state index in [2.05, 4.69) is 107 Å². The van der Waals surface area contributed by atoms with Crippen molar-refractivity contribution in [1.82, 2.24) is 5.32 Å². The molecule has 2 heteroatoms. The van der Waals surface area contributed by atoms with Crippen molar-refractivity contribution in [2.24, 2.45) is 10.4 Å². The summed E-state index contributed by atoms with van der Waals surface area (Å²) in [5, 5.41) is 3.47. The number of hydrogen-bond acceptors (Lipinski definition) is 2. The van der Waals surface area contributed by atoms with Crippen molar-refractivity contribution < 1.29 is 0 Å². The largest absolute Gasteiger partial charge is 0.313 e. The number of nitrogens with one attached hydrogen (secondary N) is 1. The maximum Gasteiger partial charge on any atom is 0.0264 e. The highest BCUT2D eigenvalue weighted by Crippen LogP contribution is 2.35. The summed E-state index contributed by atoms with van der Waals surface area (Å²) < 4.78 is 0. The third-order valence-electron chi connectivity index (χ3n) is 8.36. The summed E-state index contributed by atoms with van der Waals surface area (Å²) in [6, 6.07) is 0. The standard InChI is InChI=1S/C41H62N2/c1-9-18-37(28-31-42-29-17-25-36(11-3)34-43-30-16-20-35(6)7)26-27-38(19-10-2)32-39-21-14-23-40(24-15-22-39)33-41(8,12-4)13-5/h10-11,14,17,19,21-22,24-26,29,31,43H,2-3,6,9,12-13,15-16,18,20,23,27-28,30,32-34H2,1,4-5,7-8H3/b21-14?,29-17+,36-25+,37-26-,38-19+,39-22?,40-24?,42-31?. The van der Waals surface area contributed by atoms with Crippen LogP contribution in [0, 0.1) is 5.41 Å². The summed E-state index contributed by atoms with van der Waals surface area (Å²) in [7, 11) is 0. The van der Waals surface area contributed by atoms with Crippen LogP contribution >= 0.6 is 0 Å². The zero-order chi connectivity index (χ0) is 31.8. The van der Waals surface area contributed by atoms with E-state index in [4.69, 9.17) is 0 Å². The van der Waals surface area contributed by atoms with Crippen LogP contribution in [0.4, 0.5) is 0 Å². The van der Waals surface area contributed by atoms with E-state index in [0.717, 1.165) is 76.5 Å². The Balaban J connectivity index is 2.71. The second-order valence-electron chi connectivity index (χ2n) is 12.3. The monoisotopic (exact) mass is 582 g/mol. The van der Waals surface area contributed by atoms with Gasteiger partial charge in [0.1, 0.15) is 0 Å². The zero-order valence-electron chi connectivity index (χ0n) is 28.4. The van der Waals surface area contributed by atoms with Crippen molar-refractivity contribution in [3.8, 4) is 0 Å². The van der Waals surface area contributed by atoms with Crippen LogP contribution in [0.2, 0.25) is 0 Å². The van der Waals surface area contributed by atoms with E-state index in [-0.39, 0.29) is 0 Å². The molecule has 1 aliphatic carbocycles. The maximum absolute atomic E-state index is 4.53. The van der Waals surface area contributed by atoms with E-state index in [1.165, 1.54) is 41.6 Å². The topological polar surface area (TPSA) is 24.4 Å². The second kappa shape index (κ2) is 23.5. The highest BCUT2D eigenvalue weighted by Gasteiger charge is 2.20. The van der Waals surface area contributed by atoms with Crippen molar-refractivity contribution in [3.63, 3.8) is 0 Å². The van der Waals surface area contributed by atoms with E-state index >= 15 is 0 Å². The first-order chi connectivity index (χ1) is 20.8. The van der Waals surface area contributed by atoms with E-state index < -0.39 is 0 Å². The number of rotatable bonds is 22. The molecule has 0 fully saturated rings. The smallest absolute Gasteiger partial charge is 0.0264 e. The van der Waals surface area contributed by atoms with Gasteiger partial charge in [-0.2, -0.15) is 0 Å². The minimum atomic E-state index is 0.420. The first-order valence-corrected chi connectivity index (χ1v) is 16.7. The summed E-state index contributed by atoms with van der Waals surface area (Å²) in [5.41, 5.74) is 8.66. The molecular weight excluding hydrogens is 520 g/mol. The molecule has 1 aliphatic rings. The molecule has 0 radical (unpaired) electrons. The van der Waals surface area contributed by atoms with Crippen LogP contribution in [0.15, 0.2) is 125 Å². The Labute approximate surface area is 266 Å². The van der Waals surface area contributed by atoms with Crippen molar-refractivity contribution in [3.05, 3.63) is 120 Å². The van der Waals surface area contributed by atoms with Gasteiger partial charge in [-0.25, -0.2) is 0 Å². The van der Waals surface area contributed by atoms with Gasteiger partial charge in [-0.3, -0.25) is 4.99 Å². The molecule has 0 heterocycles. The molecule has 2 nitrogen and oxygen atoms in total. The van der Waals surface area contributed by atoms with E-state index in [0.29, 0.717) is 5.41 Å². The molecule has 0 unspecified atom stereocenters. The quantitative estimate of drug-likeness (QED) is 0.0584. The van der Waals surface area contributed by atoms with Gasteiger partial charge in [0.15, 0.2) is 0 Å². The van der Waals surface area contributed by atoms with Gasteiger partial charge in [-0.05, 0) is 87.5 Å². The summed E-state index contributed by atoms with van der Waals surface area (Å²) >= 11 is 0. The summed E-state index contributed by atoms with van der Waals surface area (Å²) in [6.45, 7) is 25.1. The Bertz CT molecular complexity index is 1090. The Morgan fingerprint density at radius 1 is 1.05 bits per heavy atom. The molecule has 0 aliphatic heterocycles. The van der Waals surface area contributed by atoms with Crippen LogP contribution in [0.1, 0.15) is 112 Å². The SMILES string of the molecule is C=C/C=C(\C/C=C(\CC=N/C=C/C=C(\C=C)CNCCCC(=C)C)CCC)CC1=CCC=C(CC(C)(CC)CC)CC=C1. The molecule has 0 saturated carbocycles. The lowest BCUT2D eigenvalue weighted by Crippen LogP contribution is -2.17. The highest BCUT2D eigenvalue weighted by molar-refractivity contribution is 5.62. The molecule has 0 saturated heterocycles. The Kier molecular flexibility index (Phi) is 20.8. The second-order valence-corrected chi connectivity index (χ2v) is 12.3. The van der Waals surface area contributed by atoms with E-state index in [1.54, 1.807) is 5.57 Å². The summed E-state index contributed by atoms with van der Waals surface area (Å²) in [4.78, 5) is 4.53. The molecule has 1 rings (SSSR count). The van der Waals surface area contributed by atoms with Crippen LogP contribution in [-0.4, -0.2) is 19.3 Å². The Morgan fingerprint density at radius 3 is 2.51 bits per heavy atom. The van der Waals surface area contributed by atoms with Crippen molar-refractivity contribution in [1.29, 1.82) is 0 Å². The fourth-order valence-corrected chi connectivity index (χ4v) is 5.12. The number of aliphatic imine (C=N–C) groups is 1. The number of hydrogen-bond donors (Lipinski definition) is 1. The molecule has 0 bridgehead atoms. The Hall–Kier alpha value is -2.97. The molecule has 0 spiro atoms. The minimum absolute atomic E-state index is 0.420. The lowest BCUT2D eigenvalue weighted by molar-refractivity contribution is 0.293. The molecule has 1 N–H and O–H groups in total. The third-order valence-corrected chi connectivity index (χ3v) is 8.36. The predicted molar refractivity (Wildman–Crippen MR) is 196 cm³/mol. The van der Waals surface area contributed by atoms with Crippen molar-refractivity contribution in [2.75, 3.05) is 13.1 Å². The molecule has 0 amide bonds. The molecular formula is C41H62N2. The van der Waals surface area contributed by atoms with Gasteiger partial charge in [0, 0.05) is 25.4 Å². The van der Waals surface area contributed by atoms with Gasteiger partial charge in [-0.1, -0.05) is 137 Å². The van der Waals surface area contributed by atoms with Gasteiger partial charge in [-0.15, -0.1) is 6.58 Å². The van der Waals surface area contributed by atoms with E-state index in [1.807, 2.05) is 30.6 Å². The van der Waals surface area contributed by atoms with Crippen LogP contribution in [0.3, 0.4) is 0 Å². The fraction of sp³-hybridized carbons (Fsp3) is 0.488. The normalized spacial score (nSPS) is 15.4. The molecule has 0 aromatic rings. The minimum Gasteiger partial charge on any atom is -0.313 e. The van der Waals surface area contributed by atoms with Crippen LogP contribution in [-0.2, 0) is 0 Å².